The molecule has 0 aromatic rings. The molecule has 0 aliphatic rings. The Balaban J connectivity index is 4.29. The number of carbonyl (C=O) groups is 3. The van der Waals surface area contributed by atoms with E-state index in [1.54, 1.807) is 0 Å². The number of unbranched alkanes of at least 4 members (excludes halogenated alkanes) is 37. The molecule has 0 rings (SSSR count). The van der Waals surface area contributed by atoms with Gasteiger partial charge in [0.25, 0.3) is 0 Å². The van der Waals surface area contributed by atoms with Crippen LogP contribution in [0.2, 0.25) is 0 Å². The minimum Gasteiger partial charge on any atom is -0.462 e. The third-order valence-corrected chi connectivity index (χ3v) is 14.0. The number of carbonyl (C=O) groups excluding carboxylic acids is 3. The topological polar surface area (TPSA) is 78.9 Å². The summed E-state index contributed by atoms with van der Waals surface area (Å²) in [7, 11) is 0. The SMILES string of the molecule is CCCCCC/C=C\C/C=C\CCCCCCCCCC(=O)OC(COC(=O)CCCCCCCCCCCC/C=C\C/C=C\C/C=C\CCCCCCC)COC(=O)CCCCCCCCCCCCCC. The third kappa shape index (κ3) is 59.9. The fourth-order valence-electron chi connectivity index (χ4n) is 9.19. The summed E-state index contributed by atoms with van der Waals surface area (Å²) >= 11 is 0. The molecule has 0 aromatic carbocycles. The van der Waals surface area contributed by atoms with Crippen molar-refractivity contribution >= 4 is 17.9 Å². The summed E-state index contributed by atoms with van der Waals surface area (Å²) in [5, 5.41) is 0. The molecule has 73 heavy (non-hydrogen) atoms. The van der Waals surface area contributed by atoms with Crippen molar-refractivity contribution in [3.05, 3.63) is 60.8 Å². The van der Waals surface area contributed by atoms with Crippen LogP contribution in [0.3, 0.4) is 0 Å². The van der Waals surface area contributed by atoms with Gasteiger partial charge in [-0.1, -0.05) is 281 Å². The molecule has 0 fully saturated rings. The van der Waals surface area contributed by atoms with Gasteiger partial charge in [-0.25, -0.2) is 0 Å². The van der Waals surface area contributed by atoms with Gasteiger partial charge in [0.2, 0.25) is 0 Å². The number of rotatable bonds is 58. The smallest absolute Gasteiger partial charge is 0.306 e. The highest BCUT2D eigenvalue weighted by Crippen LogP contribution is 2.16. The molecule has 0 heterocycles. The van der Waals surface area contributed by atoms with E-state index in [1.807, 2.05) is 0 Å². The average molecular weight is 1020 g/mol. The number of hydrogen-bond donors (Lipinski definition) is 0. The van der Waals surface area contributed by atoms with Gasteiger partial charge < -0.3 is 14.2 Å². The van der Waals surface area contributed by atoms with E-state index in [9.17, 15) is 14.4 Å². The molecule has 0 saturated carbocycles. The van der Waals surface area contributed by atoms with E-state index >= 15 is 0 Å². The van der Waals surface area contributed by atoms with E-state index in [4.69, 9.17) is 14.2 Å². The third-order valence-electron chi connectivity index (χ3n) is 14.0. The zero-order valence-corrected chi connectivity index (χ0v) is 48.7. The van der Waals surface area contributed by atoms with Crippen molar-refractivity contribution in [2.75, 3.05) is 13.2 Å². The Labute approximate surface area is 453 Å². The van der Waals surface area contributed by atoms with E-state index in [0.717, 1.165) is 83.5 Å². The molecule has 0 radical (unpaired) electrons. The van der Waals surface area contributed by atoms with Crippen LogP contribution >= 0.6 is 0 Å². The van der Waals surface area contributed by atoms with Crippen molar-refractivity contribution in [2.24, 2.45) is 0 Å². The average Bonchev–Trinajstić information content (AvgIpc) is 3.39. The Morgan fingerprint density at radius 1 is 0.274 bits per heavy atom. The van der Waals surface area contributed by atoms with E-state index in [-0.39, 0.29) is 31.1 Å². The number of hydrogen-bond acceptors (Lipinski definition) is 6. The van der Waals surface area contributed by atoms with Gasteiger partial charge in [0.1, 0.15) is 13.2 Å². The van der Waals surface area contributed by atoms with Gasteiger partial charge in [0.05, 0.1) is 0 Å². The molecule has 0 spiro atoms. The van der Waals surface area contributed by atoms with E-state index in [2.05, 4.69) is 81.5 Å². The predicted molar refractivity (Wildman–Crippen MR) is 316 cm³/mol. The molecule has 0 saturated heterocycles. The van der Waals surface area contributed by atoms with Crippen LogP contribution in [0, 0.1) is 0 Å². The van der Waals surface area contributed by atoms with Crippen molar-refractivity contribution < 1.29 is 28.6 Å². The summed E-state index contributed by atoms with van der Waals surface area (Å²) in [5.74, 6) is -0.872. The molecule has 0 aromatic heterocycles. The van der Waals surface area contributed by atoms with Crippen LogP contribution < -0.4 is 0 Å². The number of esters is 3. The van der Waals surface area contributed by atoms with Gasteiger partial charge >= 0.3 is 17.9 Å². The van der Waals surface area contributed by atoms with Gasteiger partial charge in [-0.05, 0) is 89.9 Å². The molecule has 1 atom stereocenters. The van der Waals surface area contributed by atoms with Crippen LogP contribution in [0.25, 0.3) is 0 Å². The van der Waals surface area contributed by atoms with Crippen LogP contribution in [0.5, 0.6) is 0 Å². The lowest BCUT2D eigenvalue weighted by Crippen LogP contribution is -2.30. The fourth-order valence-corrected chi connectivity index (χ4v) is 9.19. The largest absolute Gasteiger partial charge is 0.462 e. The Morgan fingerprint density at radius 3 is 0.781 bits per heavy atom. The lowest BCUT2D eigenvalue weighted by Gasteiger charge is -2.18. The van der Waals surface area contributed by atoms with Crippen LogP contribution in [-0.2, 0) is 28.6 Å². The van der Waals surface area contributed by atoms with Crippen molar-refractivity contribution in [1.82, 2.24) is 0 Å². The van der Waals surface area contributed by atoms with Crippen molar-refractivity contribution in [2.45, 2.75) is 335 Å². The summed E-state index contributed by atoms with van der Waals surface area (Å²) in [6.45, 7) is 6.64. The highest BCUT2D eigenvalue weighted by Gasteiger charge is 2.19. The summed E-state index contributed by atoms with van der Waals surface area (Å²) in [5.41, 5.74) is 0. The molecule has 0 aliphatic carbocycles. The van der Waals surface area contributed by atoms with Gasteiger partial charge in [0, 0.05) is 19.3 Å². The first-order valence-electron chi connectivity index (χ1n) is 31.8. The number of allylic oxidation sites excluding steroid dienone is 10. The highest BCUT2D eigenvalue weighted by molar-refractivity contribution is 5.71. The fraction of sp³-hybridized carbons (Fsp3) is 0.806. The first kappa shape index (κ1) is 70.1. The quantitative estimate of drug-likeness (QED) is 0.0261. The second-order valence-corrected chi connectivity index (χ2v) is 21.3. The Morgan fingerprint density at radius 2 is 0.493 bits per heavy atom. The number of ether oxygens (including phenoxy) is 3. The second-order valence-electron chi connectivity index (χ2n) is 21.3. The lowest BCUT2D eigenvalue weighted by molar-refractivity contribution is -0.167. The van der Waals surface area contributed by atoms with E-state index in [0.29, 0.717) is 19.3 Å². The summed E-state index contributed by atoms with van der Waals surface area (Å²) < 4.78 is 16.9. The highest BCUT2D eigenvalue weighted by atomic mass is 16.6. The molecule has 1 unspecified atom stereocenters. The molecule has 0 N–H and O–H groups in total. The zero-order valence-electron chi connectivity index (χ0n) is 48.7. The van der Waals surface area contributed by atoms with Crippen LogP contribution in [-0.4, -0.2) is 37.2 Å². The van der Waals surface area contributed by atoms with Gasteiger partial charge in [0.15, 0.2) is 6.10 Å². The standard InChI is InChI=1S/C67H120O6/c1-4-7-10-13-16-19-22-25-27-29-31-32-33-34-35-36-37-39-40-42-45-48-51-54-57-60-66(69)72-63-64(62-71-65(68)59-56-53-50-47-44-24-21-18-15-12-9-6-3)73-67(70)61-58-55-52-49-46-43-41-38-30-28-26-23-20-17-14-11-8-5-2/h20,22-23,25,28-31,33-34,64H,4-19,21,24,26-27,32,35-63H2,1-3H3/b23-20-,25-22-,30-28-,31-29-,34-33-. The Bertz CT molecular complexity index is 1310. The molecule has 6 nitrogen and oxygen atoms in total. The molecular formula is C67H120O6. The molecule has 0 amide bonds. The minimum atomic E-state index is -0.779. The molecule has 0 aliphatic heterocycles. The molecule has 6 heteroatoms. The molecule has 424 valence electrons. The van der Waals surface area contributed by atoms with Crippen molar-refractivity contribution in [3.8, 4) is 0 Å². The van der Waals surface area contributed by atoms with E-state index < -0.39 is 6.10 Å². The summed E-state index contributed by atoms with van der Waals surface area (Å²) in [6.07, 6.45) is 77.9. The monoisotopic (exact) mass is 1020 g/mol. The van der Waals surface area contributed by atoms with Gasteiger partial charge in [-0.2, -0.15) is 0 Å². The first-order valence-corrected chi connectivity index (χ1v) is 31.8. The minimum absolute atomic E-state index is 0.0756. The van der Waals surface area contributed by atoms with Crippen molar-refractivity contribution in [1.29, 1.82) is 0 Å². The first-order chi connectivity index (χ1) is 36.0. The second kappa shape index (κ2) is 61.7. The van der Waals surface area contributed by atoms with E-state index in [1.165, 1.54) is 205 Å². The van der Waals surface area contributed by atoms with Gasteiger partial charge in [-0.15, -0.1) is 0 Å². The maximum Gasteiger partial charge on any atom is 0.306 e. The Hall–Kier alpha value is -2.89. The summed E-state index contributed by atoms with van der Waals surface area (Å²) in [4.78, 5) is 38.3. The Kier molecular flexibility index (Phi) is 59.2. The van der Waals surface area contributed by atoms with Crippen LogP contribution in [0.15, 0.2) is 60.8 Å². The maximum absolute atomic E-state index is 12.9. The predicted octanol–water partition coefficient (Wildman–Crippen LogP) is 21.6. The summed E-state index contributed by atoms with van der Waals surface area (Å²) in [6, 6.07) is 0. The zero-order chi connectivity index (χ0) is 52.9. The lowest BCUT2D eigenvalue weighted by atomic mass is 10.0. The molecular weight excluding hydrogens is 901 g/mol. The maximum atomic E-state index is 12.9. The molecule has 0 bridgehead atoms. The van der Waals surface area contributed by atoms with Crippen LogP contribution in [0.4, 0.5) is 0 Å². The van der Waals surface area contributed by atoms with Crippen molar-refractivity contribution in [3.63, 3.8) is 0 Å². The van der Waals surface area contributed by atoms with Gasteiger partial charge in [-0.3, -0.25) is 14.4 Å². The van der Waals surface area contributed by atoms with Crippen LogP contribution in [0.1, 0.15) is 329 Å². The normalized spacial score (nSPS) is 12.4.